The lowest BCUT2D eigenvalue weighted by molar-refractivity contribution is 0.541. The number of fused-ring (bicyclic) bond motifs is 3. The molecule has 3 rings (SSSR count). The van der Waals surface area contributed by atoms with Crippen molar-refractivity contribution in [3.05, 3.63) is 21.9 Å². The molecule has 0 bridgehead atoms. The second-order valence-electron chi connectivity index (χ2n) is 4.46. The van der Waals surface area contributed by atoms with Crippen LogP contribution in [0.5, 0.6) is 0 Å². The van der Waals surface area contributed by atoms with Crippen LogP contribution in [0.2, 0.25) is 0 Å². The Labute approximate surface area is 71.2 Å². The molecule has 0 N–H and O–H groups in total. The van der Waals surface area contributed by atoms with E-state index in [1.54, 1.807) is 11.1 Å². The Morgan fingerprint density at radius 2 is 2.27 bits per heavy atom. The maximum absolute atomic E-state index is 2.41. The summed E-state index contributed by atoms with van der Waals surface area (Å²) in [5.74, 6) is 1.91. The molecule has 58 valence electrons. The maximum atomic E-state index is 2.41. The quantitative estimate of drug-likeness (QED) is 0.553. The lowest BCUT2D eigenvalue weighted by atomic mass is 9.98. The van der Waals surface area contributed by atoms with Gasteiger partial charge in [0.1, 0.15) is 0 Å². The maximum Gasteiger partial charge on any atom is -0.00553 e. The Hall–Kier alpha value is -0.300. The highest BCUT2D eigenvalue weighted by Gasteiger charge is 2.61. The van der Waals surface area contributed by atoms with E-state index < -0.39 is 0 Å². The molecule has 1 aromatic rings. The summed E-state index contributed by atoms with van der Waals surface area (Å²) < 4.78 is 0. The smallest absolute Gasteiger partial charge is 0.00553 e. The van der Waals surface area contributed by atoms with Crippen LogP contribution >= 0.6 is 11.3 Å². The van der Waals surface area contributed by atoms with Gasteiger partial charge < -0.3 is 0 Å². The molecule has 1 aromatic heterocycles. The molecule has 1 heteroatoms. The topological polar surface area (TPSA) is 0 Å². The van der Waals surface area contributed by atoms with Crippen LogP contribution in [0.1, 0.15) is 30.9 Å². The third-order valence-electron chi connectivity index (χ3n) is 3.60. The lowest BCUT2D eigenvalue weighted by Crippen LogP contribution is -1.97. The van der Waals surface area contributed by atoms with Crippen molar-refractivity contribution in [2.75, 3.05) is 0 Å². The number of hydrogen-bond acceptors (Lipinski definition) is 1. The molecule has 1 heterocycles. The summed E-state index contributed by atoms with van der Waals surface area (Å²) in [6.07, 6.45) is 1.36. The van der Waals surface area contributed by atoms with Gasteiger partial charge in [0, 0.05) is 0 Å². The van der Waals surface area contributed by atoms with E-state index in [1.165, 1.54) is 6.42 Å². The standard InChI is InChI=1S/C10H12S/c1-10(2)8-3-6-4-11-5-7(6)9(8)10/h4-5,8-9H,3H2,1-2H3. The molecule has 11 heavy (non-hydrogen) atoms. The minimum atomic E-state index is 0.633. The molecule has 2 aliphatic carbocycles. The third-order valence-corrected chi connectivity index (χ3v) is 4.41. The molecular formula is C10H12S. The molecule has 2 unspecified atom stereocenters. The normalized spacial score (nSPS) is 36.5. The Morgan fingerprint density at radius 3 is 3.09 bits per heavy atom. The molecule has 0 radical (unpaired) electrons. The van der Waals surface area contributed by atoms with Crippen molar-refractivity contribution in [2.45, 2.75) is 26.2 Å². The van der Waals surface area contributed by atoms with Gasteiger partial charge in [0.2, 0.25) is 0 Å². The van der Waals surface area contributed by atoms with Gasteiger partial charge in [-0.1, -0.05) is 13.8 Å². The van der Waals surface area contributed by atoms with Crippen LogP contribution < -0.4 is 0 Å². The van der Waals surface area contributed by atoms with Crippen LogP contribution in [0.25, 0.3) is 0 Å². The highest BCUT2D eigenvalue weighted by atomic mass is 32.1. The van der Waals surface area contributed by atoms with Crippen molar-refractivity contribution in [3.63, 3.8) is 0 Å². The van der Waals surface area contributed by atoms with Crippen molar-refractivity contribution < 1.29 is 0 Å². The van der Waals surface area contributed by atoms with Crippen LogP contribution in [0.3, 0.4) is 0 Å². The van der Waals surface area contributed by atoms with Gasteiger partial charge in [-0.05, 0) is 45.6 Å². The van der Waals surface area contributed by atoms with Crippen LogP contribution in [0, 0.1) is 11.3 Å². The number of thiophene rings is 1. The van der Waals surface area contributed by atoms with E-state index in [-0.39, 0.29) is 0 Å². The highest BCUT2D eigenvalue weighted by molar-refractivity contribution is 7.08. The first-order valence-electron chi connectivity index (χ1n) is 4.26. The van der Waals surface area contributed by atoms with Gasteiger partial charge in [0.05, 0.1) is 0 Å². The zero-order chi connectivity index (χ0) is 7.64. The van der Waals surface area contributed by atoms with Crippen LogP contribution in [0.15, 0.2) is 10.8 Å². The monoisotopic (exact) mass is 164 g/mol. The second kappa shape index (κ2) is 1.56. The van der Waals surface area contributed by atoms with E-state index in [0.717, 1.165) is 11.8 Å². The lowest BCUT2D eigenvalue weighted by Gasteiger charge is -2.06. The summed E-state index contributed by atoms with van der Waals surface area (Å²) in [5.41, 5.74) is 3.95. The van der Waals surface area contributed by atoms with Gasteiger partial charge in [-0.3, -0.25) is 0 Å². The van der Waals surface area contributed by atoms with E-state index in [4.69, 9.17) is 0 Å². The van der Waals surface area contributed by atoms with Crippen molar-refractivity contribution in [2.24, 2.45) is 11.3 Å². The van der Waals surface area contributed by atoms with Crippen molar-refractivity contribution >= 4 is 11.3 Å². The average Bonchev–Trinajstić information content (AvgIpc) is 2.32. The minimum absolute atomic E-state index is 0.633. The average molecular weight is 164 g/mol. The Morgan fingerprint density at radius 1 is 1.45 bits per heavy atom. The molecular weight excluding hydrogens is 152 g/mol. The summed E-state index contributed by atoms with van der Waals surface area (Å²) in [4.78, 5) is 0. The predicted molar refractivity (Wildman–Crippen MR) is 48.0 cm³/mol. The zero-order valence-corrected chi connectivity index (χ0v) is 7.74. The molecule has 0 amide bonds. The molecule has 2 aliphatic rings. The van der Waals surface area contributed by atoms with Crippen LogP contribution in [0.4, 0.5) is 0 Å². The van der Waals surface area contributed by atoms with Gasteiger partial charge in [0.25, 0.3) is 0 Å². The fraction of sp³-hybridized carbons (Fsp3) is 0.600. The first-order chi connectivity index (χ1) is 5.21. The fourth-order valence-corrected chi connectivity index (χ4v) is 3.66. The van der Waals surface area contributed by atoms with Gasteiger partial charge in [0.15, 0.2) is 0 Å². The molecule has 0 spiro atoms. The van der Waals surface area contributed by atoms with E-state index in [1.807, 2.05) is 11.3 Å². The summed E-state index contributed by atoms with van der Waals surface area (Å²) in [5, 5.41) is 4.69. The molecule has 0 aromatic carbocycles. The number of rotatable bonds is 0. The third kappa shape index (κ3) is 0.572. The second-order valence-corrected chi connectivity index (χ2v) is 5.21. The van der Waals surface area contributed by atoms with Crippen LogP contribution in [-0.4, -0.2) is 0 Å². The molecule has 0 aliphatic heterocycles. The number of hydrogen-bond donors (Lipinski definition) is 0. The Balaban J connectivity index is 2.12. The SMILES string of the molecule is CC1(C)C2Cc3cscc3C21. The molecule has 2 atom stereocenters. The van der Waals surface area contributed by atoms with E-state index in [0.29, 0.717) is 5.41 Å². The minimum Gasteiger partial charge on any atom is -0.152 e. The van der Waals surface area contributed by atoms with E-state index >= 15 is 0 Å². The van der Waals surface area contributed by atoms with Crippen molar-refractivity contribution in [1.82, 2.24) is 0 Å². The molecule has 0 saturated heterocycles. The van der Waals surface area contributed by atoms with Gasteiger partial charge >= 0.3 is 0 Å². The van der Waals surface area contributed by atoms with Gasteiger partial charge in [-0.15, -0.1) is 0 Å². The van der Waals surface area contributed by atoms with E-state index in [2.05, 4.69) is 24.6 Å². The first kappa shape index (κ1) is 6.24. The first-order valence-corrected chi connectivity index (χ1v) is 5.20. The molecule has 1 fully saturated rings. The van der Waals surface area contributed by atoms with Crippen LogP contribution in [-0.2, 0) is 6.42 Å². The summed E-state index contributed by atoms with van der Waals surface area (Å²) in [6.45, 7) is 4.81. The highest BCUT2D eigenvalue weighted by Crippen LogP contribution is 2.70. The predicted octanol–water partition coefficient (Wildman–Crippen LogP) is 3.04. The van der Waals surface area contributed by atoms with Gasteiger partial charge in [-0.25, -0.2) is 0 Å². The summed E-state index contributed by atoms with van der Waals surface area (Å²) >= 11 is 1.87. The Kier molecular flexibility index (Phi) is 0.885. The van der Waals surface area contributed by atoms with E-state index in [9.17, 15) is 0 Å². The van der Waals surface area contributed by atoms with Crippen molar-refractivity contribution in [1.29, 1.82) is 0 Å². The van der Waals surface area contributed by atoms with Crippen molar-refractivity contribution in [3.8, 4) is 0 Å². The zero-order valence-electron chi connectivity index (χ0n) is 6.92. The Bertz CT molecular complexity index is 308. The summed E-state index contributed by atoms with van der Waals surface area (Å²) in [7, 11) is 0. The molecule has 1 saturated carbocycles. The molecule has 0 nitrogen and oxygen atoms in total. The fourth-order valence-electron chi connectivity index (χ4n) is 2.75. The summed E-state index contributed by atoms with van der Waals surface area (Å²) in [6, 6.07) is 0. The largest absolute Gasteiger partial charge is 0.152 e. The van der Waals surface area contributed by atoms with Gasteiger partial charge in [-0.2, -0.15) is 11.3 Å².